The van der Waals surface area contributed by atoms with Gasteiger partial charge in [-0.05, 0) is 37.5 Å². The maximum Gasteiger partial charge on any atom is 0.547 e. The Hall–Kier alpha value is -2.22. The topological polar surface area (TPSA) is 94.1 Å². The standard InChI is InChI=1S/C16H22BNO6/c1-4-6-14(19)18-13-8-10-7-11(22-3)9-12(16(20)23-5-2)15(10)24-17(13)21/h7,9,13,21H,4-6,8H2,1-3H3,(H,18,19)/t13-/m0/s1. The fourth-order valence-electron chi connectivity index (χ4n) is 2.60. The fourth-order valence-corrected chi connectivity index (χ4v) is 2.60. The highest BCUT2D eigenvalue weighted by atomic mass is 16.5. The average Bonchev–Trinajstić information content (AvgIpc) is 2.55. The van der Waals surface area contributed by atoms with Crippen molar-refractivity contribution in [1.82, 2.24) is 5.32 Å². The van der Waals surface area contributed by atoms with Crippen molar-refractivity contribution < 1.29 is 28.7 Å². The number of methoxy groups -OCH3 is 1. The van der Waals surface area contributed by atoms with Gasteiger partial charge < -0.3 is 24.5 Å². The molecule has 0 saturated heterocycles. The number of hydrogen-bond donors (Lipinski definition) is 2. The Morgan fingerprint density at radius 1 is 1.42 bits per heavy atom. The Kier molecular flexibility index (Phi) is 6.08. The van der Waals surface area contributed by atoms with Crippen molar-refractivity contribution in [3.8, 4) is 11.5 Å². The van der Waals surface area contributed by atoms with Crippen LogP contribution in [0.5, 0.6) is 11.5 Å². The first-order chi connectivity index (χ1) is 11.5. The summed E-state index contributed by atoms with van der Waals surface area (Å²) in [4.78, 5) is 23.9. The molecule has 1 aliphatic heterocycles. The van der Waals surface area contributed by atoms with Gasteiger partial charge in [-0.2, -0.15) is 0 Å². The van der Waals surface area contributed by atoms with Gasteiger partial charge in [0.2, 0.25) is 5.91 Å². The van der Waals surface area contributed by atoms with Crippen molar-refractivity contribution in [1.29, 1.82) is 0 Å². The molecular formula is C16H22BNO6. The molecule has 24 heavy (non-hydrogen) atoms. The van der Waals surface area contributed by atoms with Gasteiger partial charge in [0.25, 0.3) is 0 Å². The van der Waals surface area contributed by atoms with Crippen molar-refractivity contribution in [2.75, 3.05) is 13.7 Å². The predicted octanol–water partition coefficient (Wildman–Crippen LogP) is 1.11. The minimum atomic E-state index is -1.24. The normalized spacial score (nSPS) is 16.0. The zero-order valence-electron chi connectivity index (χ0n) is 14.1. The zero-order valence-corrected chi connectivity index (χ0v) is 14.1. The summed E-state index contributed by atoms with van der Waals surface area (Å²) in [5.74, 6) is -0.535. The van der Waals surface area contributed by atoms with Gasteiger partial charge in [0.1, 0.15) is 17.1 Å². The lowest BCUT2D eigenvalue weighted by Crippen LogP contribution is -2.53. The van der Waals surface area contributed by atoms with Crippen molar-refractivity contribution in [2.45, 2.75) is 39.1 Å². The van der Waals surface area contributed by atoms with Crippen LogP contribution >= 0.6 is 0 Å². The number of esters is 1. The predicted molar refractivity (Wildman–Crippen MR) is 88.1 cm³/mol. The summed E-state index contributed by atoms with van der Waals surface area (Å²) in [6.07, 6.45) is 1.42. The third kappa shape index (κ3) is 4.00. The van der Waals surface area contributed by atoms with E-state index >= 15 is 0 Å². The van der Waals surface area contributed by atoms with Crippen LogP contribution in [0.2, 0.25) is 0 Å². The van der Waals surface area contributed by atoms with Crippen LogP contribution in [-0.4, -0.2) is 43.7 Å². The first kappa shape index (κ1) is 18.1. The molecule has 0 spiro atoms. The number of rotatable bonds is 6. The summed E-state index contributed by atoms with van der Waals surface area (Å²) >= 11 is 0. The smallest absolute Gasteiger partial charge is 0.534 e. The molecule has 7 nitrogen and oxygen atoms in total. The second-order valence-corrected chi connectivity index (χ2v) is 5.52. The van der Waals surface area contributed by atoms with Crippen LogP contribution in [0, 0.1) is 0 Å². The largest absolute Gasteiger partial charge is 0.547 e. The van der Waals surface area contributed by atoms with E-state index in [1.165, 1.54) is 13.2 Å². The summed E-state index contributed by atoms with van der Waals surface area (Å²) in [7, 11) is 0.260. The van der Waals surface area contributed by atoms with Gasteiger partial charge in [-0.1, -0.05) is 6.92 Å². The number of carbonyl (C=O) groups excluding carboxylic acids is 2. The molecule has 0 aromatic heterocycles. The van der Waals surface area contributed by atoms with Crippen LogP contribution in [0.3, 0.4) is 0 Å². The minimum absolute atomic E-state index is 0.151. The number of nitrogens with one attached hydrogen (secondary N) is 1. The summed E-state index contributed by atoms with van der Waals surface area (Å²) in [6.45, 7) is 3.84. The molecule has 0 aliphatic carbocycles. The van der Waals surface area contributed by atoms with Crippen LogP contribution in [0.15, 0.2) is 12.1 Å². The molecule has 130 valence electrons. The van der Waals surface area contributed by atoms with Gasteiger partial charge in [-0.15, -0.1) is 0 Å². The van der Waals surface area contributed by atoms with Crippen LogP contribution in [0.1, 0.15) is 42.6 Å². The molecule has 1 aromatic carbocycles. The molecule has 0 fully saturated rings. The second-order valence-electron chi connectivity index (χ2n) is 5.52. The highest BCUT2D eigenvalue weighted by Crippen LogP contribution is 2.34. The van der Waals surface area contributed by atoms with Crippen molar-refractivity contribution in [3.05, 3.63) is 23.3 Å². The van der Waals surface area contributed by atoms with Crippen LogP contribution in [-0.2, 0) is 16.0 Å². The Morgan fingerprint density at radius 2 is 2.17 bits per heavy atom. The summed E-state index contributed by atoms with van der Waals surface area (Å²) in [5.41, 5.74) is 0.869. The number of fused-ring (bicyclic) bond motifs is 1. The van der Waals surface area contributed by atoms with Crippen LogP contribution in [0.4, 0.5) is 0 Å². The van der Waals surface area contributed by atoms with E-state index in [-0.39, 0.29) is 23.8 Å². The maximum absolute atomic E-state index is 12.1. The minimum Gasteiger partial charge on any atom is -0.534 e. The van der Waals surface area contributed by atoms with Gasteiger partial charge in [-0.25, -0.2) is 4.79 Å². The fraction of sp³-hybridized carbons (Fsp3) is 0.500. The molecular weight excluding hydrogens is 313 g/mol. The van der Waals surface area contributed by atoms with E-state index in [2.05, 4.69) is 5.32 Å². The lowest BCUT2D eigenvalue weighted by atomic mass is 9.72. The maximum atomic E-state index is 12.1. The third-order valence-electron chi connectivity index (χ3n) is 3.72. The van der Waals surface area contributed by atoms with Crippen molar-refractivity contribution >= 4 is 19.0 Å². The van der Waals surface area contributed by atoms with Crippen molar-refractivity contribution in [3.63, 3.8) is 0 Å². The lowest BCUT2D eigenvalue weighted by Gasteiger charge is -2.29. The third-order valence-corrected chi connectivity index (χ3v) is 3.72. The van der Waals surface area contributed by atoms with Crippen LogP contribution < -0.4 is 14.7 Å². The quantitative estimate of drug-likeness (QED) is 0.597. The number of benzene rings is 1. The molecule has 2 N–H and O–H groups in total. The Balaban J connectivity index is 2.31. The first-order valence-electron chi connectivity index (χ1n) is 8.02. The molecule has 0 radical (unpaired) electrons. The molecule has 0 saturated carbocycles. The van der Waals surface area contributed by atoms with E-state index in [1.54, 1.807) is 13.0 Å². The first-order valence-corrected chi connectivity index (χ1v) is 8.02. The zero-order chi connectivity index (χ0) is 17.7. The lowest BCUT2D eigenvalue weighted by molar-refractivity contribution is -0.121. The number of amides is 1. The number of carbonyl (C=O) groups is 2. The van der Waals surface area contributed by atoms with E-state index in [9.17, 15) is 14.6 Å². The highest BCUT2D eigenvalue weighted by molar-refractivity contribution is 6.47. The molecule has 1 aromatic rings. The highest BCUT2D eigenvalue weighted by Gasteiger charge is 2.38. The van der Waals surface area contributed by atoms with E-state index in [4.69, 9.17) is 14.1 Å². The Labute approximate surface area is 141 Å². The summed E-state index contributed by atoms with van der Waals surface area (Å²) in [6, 6.07) is 3.24. The molecule has 1 heterocycles. The number of hydrogen-bond acceptors (Lipinski definition) is 6. The Morgan fingerprint density at radius 3 is 2.79 bits per heavy atom. The van der Waals surface area contributed by atoms with Crippen molar-refractivity contribution in [2.24, 2.45) is 0 Å². The van der Waals surface area contributed by atoms with E-state index in [0.717, 1.165) is 0 Å². The van der Waals surface area contributed by atoms with Gasteiger partial charge in [0.05, 0.1) is 19.7 Å². The van der Waals surface area contributed by atoms with E-state index < -0.39 is 19.0 Å². The van der Waals surface area contributed by atoms with Gasteiger partial charge >= 0.3 is 13.1 Å². The molecule has 0 unspecified atom stereocenters. The van der Waals surface area contributed by atoms with Gasteiger partial charge in [0.15, 0.2) is 0 Å². The second kappa shape index (κ2) is 8.05. The SMILES string of the molecule is CCCC(=O)N[C@H]1Cc2cc(OC)cc(C(=O)OCC)c2OB1O. The summed E-state index contributed by atoms with van der Waals surface area (Å²) < 4.78 is 15.8. The monoisotopic (exact) mass is 335 g/mol. The van der Waals surface area contributed by atoms with Gasteiger partial charge in [0, 0.05) is 6.42 Å². The van der Waals surface area contributed by atoms with E-state index in [0.29, 0.717) is 30.6 Å². The Bertz CT molecular complexity index is 621. The van der Waals surface area contributed by atoms with Crippen LogP contribution in [0.25, 0.3) is 0 Å². The molecule has 8 heteroatoms. The summed E-state index contributed by atoms with van der Waals surface area (Å²) in [5, 5.41) is 12.9. The average molecular weight is 335 g/mol. The van der Waals surface area contributed by atoms with E-state index in [1.807, 2.05) is 6.92 Å². The number of ether oxygens (including phenoxy) is 2. The molecule has 0 bridgehead atoms. The molecule has 1 aliphatic rings. The van der Waals surface area contributed by atoms with Gasteiger partial charge in [-0.3, -0.25) is 4.79 Å². The molecule has 2 rings (SSSR count). The molecule has 1 atom stereocenters. The molecule has 1 amide bonds.